The van der Waals surface area contributed by atoms with Gasteiger partial charge in [-0.25, -0.2) is 9.13 Å². The minimum atomic E-state index is -4.58. The van der Waals surface area contributed by atoms with Crippen molar-refractivity contribution < 1.29 is 32.9 Å². The molecule has 12 nitrogen and oxygen atoms in total. The molecule has 0 spiro atoms. The molecule has 2 aromatic heterocycles. The third-order valence-corrected chi connectivity index (χ3v) is 3.78. The van der Waals surface area contributed by atoms with Gasteiger partial charge in [0.25, 0.3) is 11.5 Å². The zero-order valence-electron chi connectivity index (χ0n) is 13.8. The van der Waals surface area contributed by atoms with Gasteiger partial charge < -0.3 is 25.0 Å². The van der Waals surface area contributed by atoms with Crippen LogP contribution in [0.4, 0.5) is 5.95 Å². The number of fused-ring (bicyclic) bond motifs is 1. The van der Waals surface area contributed by atoms with Crippen LogP contribution in [0.3, 0.4) is 0 Å². The lowest BCUT2D eigenvalue weighted by Crippen LogP contribution is -2.37. The number of nitrogens with one attached hydrogen (secondary N) is 1. The van der Waals surface area contributed by atoms with E-state index in [1.165, 1.54) is 7.11 Å². The molecule has 0 aliphatic carbocycles. The molecule has 0 aliphatic rings. The first kappa shape index (κ1) is 19.5. The molecule has 5 N–H and O–H groups in total. The Labute approximate surface area is 142 Å². The van der Waals surface area contributed by atoms with Gasteiger partial charge in [0, 0.05) is 7.11 Å². The van der Waals surface area contributed by atoms with E-state index in [2.05, 4.69) is 14.5 Å². The Bertz CT molecular complexity index is 829. The largest absolute Gasteiger partial charge is 0.469 e. The number of ether oxygens (including phenoxy) is 2. The van der Waals surface area contributed by atoms with Crippen LogP contribution in [-0.4, -0.2) is 57.4 Å². The molecule has 25 heavy (non-hydrogen) atoms. The molecule has 2 rings (SSSR count). The molecule has 0 saturated carbocycles. The van der Waals surface area contributed by atoms with Crippen LogP contribution in [0.15, 0.2) is 11.1 Å². The van der Waals surface area contributed by atoms with Gasteiger partial charge in [0.15, 0.2) is 6.33 Å². The zero-order valence-corrected chi connectivity index (χ0v) is 14.7. The Kier molecular flexibility index (Phi) is 6.27. The summed E-state index contributed by atoms with van der Waals surface area (Å²) < 4.78 is 29.0. The summed E-state index contributed by atoms with van der Waals surface area (Å²) in [5, 5.41) is 0. The van der Waals surface area contributed by atoms with Gasteiger partial charge in [-0.05, 0) is 0 Å². The predicted molar refractivity (Wildman–Crippen MR) is 85.6 cm³/mol. The molecule has 2 heterocycles. The molecule has 13 heteroatoms. The highest BCUT2D eigenvalue weighted by atomic mass is 31.2. The first-order valence-electron chi connectivity index (χ1n) is 7.26. The summed E-state index contributed by atoms with van der Waals surface area (Å²) in [5.74, 6) is 0.00525. The van der Waals surface area contributed by atoms with Crippen molar-refractivity contribution in [1.82, 2.24) is 14.5 Å². The van der Waals surface area contributed by atoms with Crippen molar-refractivity contribution in [2.75, 3.05) is 32.7 Å². The number of hydrogen-bond acceptors (Lipinski definition) is 7. The number of phosphoric ester groups is 1. The second-order valence-corrected chi connectivity index (χ2v) is 6.52. The van der Waals surface area contributed by atoms with Gasteiger partial charge in [0.05, 0.1) is 33.4 Å². The van der Waals surface area contributed by atoms with Crippen molar-refractivity contribution in [2.45, 2.75) is 12.6 Å². The molecule has 0 saturated heterocycles. The van der Waals surface area contributed by atoms with Gasteiger partial charge in [-0.15, -0.1) is 0 Å². The second kappa shape index (κ2) is 8.04. The van der Waals surface area contributed by atoms with Crippen LogP contribution in [-0.2, 0) is 32.2 Å². The molecular weight excluding hydrogens is 357 g/mol. The Hall–Kier alpha value is -1.82. The number of anilines is 1. The lowest BCUT2D eigenvalue weighted by Gasteiger charge is -2.17. The number of nitrogen functional groups attached to an aromatic ring is 1. The Morgan fingerprint density at radius 3 is 2.84 bits per heavy atom. The number of H-pyrrole nitrogens is 1. The summed E-state index contributed by atoms with van der Waals surface area (Å²) in [6, 6.07) is 0. The summed E-state index contributed by atoms with van der Waals surface area (Å²) in [5.41, 5.74) is 5.99. The van der Waals surface area contributed by atoms with Crippen LogP contribution < -0.4 is 15.9 Å². The van der Waals surface area contributed by atoms with E-state index in [9.17, 15) is 9.36 Å². The van der Waals surface area contributed by atoms with Crippen molar-refractivity contribution in [3.8, 4) is 0 Å². The maximum absolute atomic E-state index is 11.9. The third-order valence-electron chi connectivity index (χ3n) is 3.30. The lowest BCUT2D eigenvalue weighted by atomic mass is 10.4. The highest BCUT2D eigenvalue weighted by molar-refractivity contribution is 7.46. The molecule has 2 aromatic rings. The number of phosphoric acid groups is 1. The van der Waals surface area contributed by atoms with Crippen molar-refractivity contribution in [1.29, 1.82) is 0 Å². The third kappa shape index (κ3) is 5.33. The van der Waals surface area contributed by atoms with Crippen LogP contribution in [0.2, 0.25) is 0 Å². The van der Waals surface area contributed by atoms with Crippen molar-refractivity contribution in [3.05, 3.63) is 16.7 Å². The number of aromatic amines is 1. The van der Waals surface area contributed by atoms with E-state index in [1.54, 1.807) is 22.5 Å². The fraction of sp³-hybridized carbons (Fsp3) is 0.583. The molecule has 1 atom stereocenters. The number of hydrogen-bond donors (Lipinski definition) is 4. The van der Waals surface area contributed by atoms with E-state index in [1.807, 2.05) is 0 Å². The molecule has 0 aromatic carbocycles. The van der Waals surface area contributed by atoms with Crippen LogP contribution in [0, 0.1) is 0 Å². The number of rotatable bonds is 9. The van der Waals surface area contributed by atoms with E-state index in [0.717, 1.165) is 0 Å². The van der Waals surface area contributed by atoms with E-state index in [0.29, 0.717) is 17.7 Å². The Morgan fingerprint density at radius 1 is 1.48 bits per heavy atom. The molecule has 0 bridgehead atoms. The maximum atomic E-state index is 11.9. The van der Waals surface area contributed by atoms with Gasteiger partial charge in [0.2, 0.25) is 5.52 Å². The number of aryl methyl sites for hydroxylation is 1. The fourth-order valence-electron chi connectivity index (χ4n) is 2.30. The first-order chi connectivity index (χ1) is 11.7. The number of nitrogens with zero attached hydrogens (tertiary/aromatic N) is 3. The molecule has 0 radical (unpaired) electrons. The molecule has 0 amide bonds. The van der Waals surface area contributed by atoms with E-state index in [-0.39, 0.29) is 31.3 Å². The van der Waals surface area contributed by atoms with Gasteiger partial charge in [-0.2, -0.15) is 0 Å². The van der Waals surface area contributed by atoms with Gasteiger partial charge in [0.1, 0.15) is 6.10 Å². The van der Waals surface area contributed by atoms with Crippen LogP contribution in [0.5, 0.6) is 0 Å². The van der Waals surface area contributed by atoms with E-state index < -0.39 is 13.9 Å². The molecule has 0 aliphatic heterocycles. The van der Waals surface area contributed by atoms with Crippen molar-refractivity contribution >= 4 is 24.9 Å². The summed E-state index contributed by atoms with van der Waals surface area (Å²) >= 11 is 0. The van der Waals surface area contributed by atoms with Crippen LogP contribution >= 0.6 is 7.82 Å². The monoisotopic (exact) mass is 378 g/mol. The quantitative estimate of drug-likeness (QED) is 0.293. The summed E-state index contributed by atoms with van der Waals surface area (Å²) in [4.78, 5) is 36.0. The number of nitrogens with two attached hydrogens (primary N) is 1. The molecule has 1 unspecified atom stereocenters. The van der Waals surface area contributed by atoms with Gasteiger partial charge in [-0.1, -0.05) is 4.98 Å². The van der Waals surface area contributed by atoms with Gasteiger partial charge in [-0.3, -0.25) is 18.9 Å². The van der Waals surface area contributed by atoms with Crippen LogP contribution in [0.25, 0.3) is 11.2 Å². The smallest absolute Gasteiger partial charge is 0.382 e. The number of methoxy groups -OCH3 is 1. The molecule has 0 fully saturated rings. The average molecular weight is 378 g/mol. The normalized spacial score (nSPS) is 13.4. The Morgan fingerprint density at radius 2 is 2.20 bits per heavy atom. The van der Waals surface area contributed by atoms with Crippen molar-refractivity contribution in [3.63, 3.8) is 0 Å². The number of aromatic nitrogens is 4. The molecular formula is C12H21N5O7P+. The molecule has 140 valence electrons. The van der Waals surface area contributed by atoms with Crippen LogP contribution in [0.1, 0.15) is 0 Å². The summed E-state index contributed by atoms with van der Waals surface area (Å²) in [6.45, 7) is 0.300. The minimum Gasteiger partial charge on any atom is -0.382 e. The minimum absolute atomic E-state index is 0.00525. The SMILES string of the molecule is COCC(COP(=O)(O)O)OCC[n+]1cn(C)c2c(=O)[nH]c(N)nc21. The van der Waals surface area contributed by atoms with E-state index >= 15 is 0 Å². The summed E-state index contributed by atoms with van der Waals surface area (Å²) in [6.07, 6.45) is 1.02. The van der Waals surface area contributed by atoms with E-state index in [4.69, 9.17) is 25.0 Å². The highest BCUT2D eigenvalue weighted by Crippen LogP contribution is 2.35. The highest BCUT2D eigenvalue weighted by Gasteiger charge is 2.21. The summed E-state index contributed by atoms with van der Waals surface area (Å²) in [7, 11) is -1.44. The fourth-order valence-corrected chi connectivity index (χ4v) is 2.66. The average Bonchev–Trinajstić information content (AvgIpc) is 2.80. The number of imidazole rings is 1. The maximum Gasteiger partial charge on any atom is 0.469 e. The topological polar surface area (TPSA) is 166 Å². The zero-order chi connectivity index (χ0) is 18.6. The first-order valence-corrected chi connectivity index (χ1v) is 8.79. The van der Waals surface area contributed by atoms with Crippen molar-refractivity contribution in [2.24, 2.45) is 7.05 Å². The van der Waals surface area contributed by atoms with Gasteiger partial charge >= 0.3 is 13.5 Å². The predicted octanol–water partition coefficient (Wildman–Crippen LogP) is -1.73. The lowest BCUT2D eigenvalue weighted by molar-refractivity contribution is -0.676. The second-order valence-electron chi connectivity index (χ2n) is 5.28. The standard InChI is InChI=1S/C12H20N5O7P/c1-16-7-17(10-9(16)11(18)15-12(13)14-10)3-4-23-8(5-22-2)6-24-25(19,20)21/h7-8H,3-6H2,1-2H3,(H4-,13,14,15,18,19,20,21)/p+1. The Balaban J connectivity index is 2.04.